The molecule has 2 saturated heterocycles. The summed E-state index contributed by atoms with van der Waals surface area (Å²) in [5, 5.41) is 0. The van der Waals surface area contributed by atoms with Gasteiger partial charge in [-0.05, 0) is 0 Å². The second-order valence-corrected chi connectivity index (χ2v) is 3.48. The number of hydrogen-bond donors (Lipinski definition) is 0. The van der Waals surface area contributed by atoms with Crippen molar-refractivity contribution >= 4 is 29.5 Å². The molecule has 0 aromatic heterocycles. The van der Waals surface area contributed by atoms with Gasteiger partial charge in [0.25, 0.3) is 0 Å². The Bertz CT molecular complexity index is 152. The van der Waals surface area contributed by atoms with Gasteiger partial charge in [0, 0.05) is 26.4 Å². The first kappa shape index (κ1) is 9.65. The molecule has 8 heteroatoms. The van der Waals surface area contributed by atoms with Crippen molar-refractivity contribution in [3.8, 4) is 0 Å². The lowest BCUT2D eigenvalue weighted by atomic mass is 9.60. The van der Waals surface area contributed by atoms with Crippen LogP contribution in [0.15, 0.2) is 0 Å². The molecule has 13 heavy (non-hydrogen) atoms. The van der Waals surface area contributed by atoms with Crippen LogP contribution < -0.4 is 0 Å². The number of hydrogen-bond acceptors (Lipinski definition) is 4. The van der Waals surface area contributed by atoms with E-state index in [4.69, 9.17) is 34.1 Å². The summed E-state index contributed by atoms with van der Waals surface area (Å²) >= 11 is 0. The minimum Gasteiger partial charge on any atom is -0.418 e. The zero-order valence-corrected chi connectivity index (χ0v) is 7.27. The predicted molar refractivity (Wildman–Crippen MR) is 49.3 cm³/mol. The van der Waals surface area contributed by atoms with Crippen LogP contribution in [0.2, 0.25) is 0 Å². The van der Waals surface area contributed by atoms with Crippen molar-refractivity contribution in [3.63, 3.8) is 0 Å². The maximum atomic E-state index is 5.40. The Labute approximate surface area is 80.7 Å². The van der Waals surface area contributed by atoms with Gasteiger partial charge in [-0.15, -0.1) is 0 Å². The predicted octanol–water partition coefficient (Wildman–Crippen LogP) is -1.63. The molecule has 0 amide bonds. The Kier molecular flexibility index (Phi) is 2.74. The molecule has 2 fully saturated rings. The average Bonchev–Trinajstić information content (AvgIpc) is 2.16. The van der Waals surface area contributed by atoms with Crippen LogP contribution in [0.5, 0.6) is 0 Å². The largest absolute Gasteiger partial charge is 0.418 e. The van der Waals surface area contributed by atoms with Gasteiger partial charge in [0.15, 0.2) is 0 Å². The van der Waals surface area contributed by atoms with Crippen molar-refractivity contribution in [2.45, 2.75) is 0 Å². The van der Waals surface area contributed by atoms with Gasteiger partial charge >= 0.3 is 14.0 Å². The van der Waals surface area contributed by atoms with E-state index in [0.29, 0.717) is 26.4 Å². The van der Waals surface area contributed by atoms with Crippen LogP contribution in [-0.4, -0.2) is 55.9 Å². The Balaban J connectivity index is 1.90. The van der Waals surface area contributed by atoms with Crippen LogP contribution in [0.25, 0.3) is 0 Å². The van der Waals surface area contributed by atoms with E-state index in [0.717, 1.165) is 0 Å². The van der Waals surface area contributed by atoms with Gasteiger partial charge in [0.1, 0.15) is 15.5 Å². The minimum atomic E-state index is -0.624. The molecule has 2 aliphatic rings. The Hall–Kier alpha value is 0.0997. The lowest BCUT2D eigenvalue weighted by molar-refractivity contribution is -0.0758. The molecule has 64 valence electrons. The van der Waals surface area contributed by atoms with E-state index in [1.807, 2.05) is 0 Å². The van der Waals surface area contributed by atoms with E-state index in [1.165, 1.54) is 0 Å². The third-order valence-corrected chi connectivity index (χ3v) is 2.22. The third kappa shape index (κ3) is 2.13. The molecule has 2 aliphatic heterocycles. The summed E-state index contributed by atoms with van der Waals surface area (Å²) in [7, 11) is 9.55. The van der Waals surface area contributed by atoms with E-state index in [9.17, 15) is 0 Å². The van der Waals surface area contributed by atoms with Gasteiger partial charge in [-0.2, -0.15) is 0 Å². The SMILES string of the molecule is [B]B1OCC2(CO1)COB([B])OC2. The summed E-state index contributed by atoms with van der Waals surface area (Å²) in [5.41, 5.74) is -0.230. The zero-order valence-electron chi connectivity index (χ0n) is 7.27. The second-order valence-electron chi connectivity index (χ2n) is 3.48. The first-order valence-corrected chi connectivity index (χ1v) is 4.18. The zero-order chi connectivity index (χ0) is 9.31. The highest BCUT2D eigenvalue weighted by Gasteiger charge is 2.41. The molecule has 1 spiro atoms. The van der Waals surface area contributed by atoms with Crippen molar-refractivity contribution in [2.75, 3.05) is 26.4 Å². The molecular weight excluding hydrogens is 167 g/mol. The van der Waals surface area contributed by atoms with Gasteiger partial charge in [-0.3, -0.25) is 0 Å². The summed E-state index contributed by atoms with van der Waals surface area (Å²) in [5.74, 6) is 0. The van der Waals surface area contributed by atoms with Crippen LogP contribution in [0.1, 0.15) is 0 Å². The van der Waals surface area contributed by atoms with Crippen molar-refractivity contribution in [2.24, 2.45) is 5.41 Å². The quantitative estimate of drug-likeness (QED) is 0.415. The fraction of sp³-hybridized carbons (Fsp3) is 1.00. The standard InChI is InChI=1S/C5H8B4O4/c6-8-10-1-5(2-11-8)3-12-9(7)13-4-5/h1-4H2. The van der Waals surface area contributed by atoms with E-state index in [-0.39, 0.29) is 5.41 Å². The summed E-state index contributed by atoms with van der Waals surface area (Å²) < 4.78 is 20.6. The molecule has 0 unspecified atom stereocenters. The number of rotatable bonds is 0. The molecule has 4 radical (unpaired) electrons. The fourth-order valence-electron chi connectivity index (χ4n) is 1.38. The van der Waals surface area contributed by atoms with Crippen LogP contribution in [-0.2, 0) is 18.6 Å². The molecular formula is C5H8B4O4. The van der Waals surface area contributed by atoms with E-state index in [1.54, 1.807) is 0 Å². The molecule has 0 aromatic rings. The monoisotopic (exact) mass is 176 g/mol. The molecule has 2 rings (SSSR count). The van der Waals surface area contributed by atoms with Gasteiger partial charge in [0.05, 0.1) is 5.41 Å². The highest BCUT2D eigenvalue weighted by atomic mass is 16.6. The van der Waals surface area contributed by atoms with Crippen molar-refractivity contribution in [1.82, 2.24) is 0 Å². The molecule has 0 aromatic carbocycles. The molecule has 0 saturated carbocycles. The third-order valence-electron chi connectivity index (χ3n) is 2.22. The lowest BCUT2D eigenvalue weighted by Crippen LogP contribution is -2.54. The highest BCUT2D eigenvalue weighted by Crippen LogP contribution is 2.27. The van der Waals surface area contributed by atoms with Crippen LogP contribution in [0, 0.1) is 5.41 Å². The topological polar surface area (TPSA) is 36.9 Å². The summed E-state index contributed by atoms with van der Waals surface area (Å²) in [4.78, 5) is 0. The van der Waals surface area contributed by atoms with Crippen LogP contribution >= 0.6 is 0 Å². The summed E-state index contributed by atoms with van der Waals surface area (Å²) in [6, 6.07) is 0. The molecule has 0 aliphatic carbocycles. The Morgan fingerprint density at radius 2 is 1.08 bits per heavy atom. The second kappa shape index (κ2) is 3.69. The van der Waals surface area contributed by atoms with Gasteiger partial charge in [-0.1, -0.05) is 0 Å². The maximum Gasteiger partial charge on any atom is 0.387 e. The van der Waals surface area contributed by atoms with Crippen molar-refractivity contribution in [3.05, 3.63) is 0 Å². The van der Waals surface area contributed by atoms with E-state index in [2.05, 4.69) is 0 Å². The Morgan fingerprint density at radius 1 is 0.769 bits per heavy atom. The highest BCUT2D eigenvalue weighted by molar-refractivity contribution is 6.95. The van der Waals surface area contributed by atoms with Gasteiger partial charge in [-0.25, -0.2) is 0 Å². The van der Waals surface area contributed by atoms with Crippen LogP contribution in [0.3, 0.4) is 0 Å². The van der Waals surface area contributed by atoms with Gasteiger partial charge in [0.2, 0.25) is 0 Å². The average molecular weight is 175 g/mol. The maximum absolute atomic E-state index is 5.40. The van der Waals surface area contributed by atoms with E-state index < -0.39 is 14.0 Å². The molecule has 0 N–H and O–H groups in total. The summed E-state index contributed by atoms with van der Waals surface area (Å²) in [6.07, 6.45) is 0. The van der Waals surface area contributed by atoms with Gasteiger partial charge < -0.3 is 18.6 Å². The molecule has 0 bridgehead atoms. The molecule has 4 nitrogen and oxygen atoms in total. The van der Waals surface area contributed by atoms with Crippen molar-refractivity contribution in [1.29, 1.82) is 0 Å². The lowest BCUT2D eigenvalue weighted by Gasteiger charge is -2.42. The first-order chi connectivity index (χ1) is 6.20. The molecule has 2 heterocycles. The normalized spacial score (nSPS) is 28.0. The first-order valence-electron chi connectivity index (χ1n) is 4.18. The van der Waals surface area contributed by atoms with Crippen molar-refractivity contribution < 1.29 is 18.6 Å². The minimum absolute atomic E-state index is 0.230. The summed E-state index contributed by atoms with van der Waals surface area (Å²) in [6.45, 7) is 1.95. The van der Waals surface area contributed by atoms with Crippen LogP contribution in [0.4, 0.5) is 0 Å². The Morgan fingerprint density at radius 3 is 1.38 bits per heavy atom. The molecule has 0 atom stereocenters. The fourth-order valence-corrected chi connectivity index (χ4v) is 1.38. The van der Waals surface area contributed by atoms with E-state index >= 15 is 0 Å². The smallest absolute Gasteiger partial charge is 0.387 e.